The lowest BCUT2D eigenvalue weighted by atomic mass is 9.51. The first kappa shape index (κ1) is 33.6. The molecule has 0 bridgehead atoms. The highest BCUT2D eigenvalue weighted by atomic mass is 15.1. The number of nitrogens with zero attached hydrogens (tertiary/aromatic N) is 1. The van der Waals surface area contributed by atoms with Crippen molar-refractivity contribution in [3.63, 3.8) is 0 Å². The van der Waals surface area contributed by atoms with E-state index in [2.05, 4.69) is 241 Å². The molecule has 0 atom stereocenters. The molecule has 0 N–H and O–H groups in total. The third-order valence-corrected chi connectivity index (χ3v) is 13.2. The van der Waals surface area contributed by atoms with Crippen LogP contribution in [0.4, 0.5) is 17.1 Å². The maximum Gasteiger partial charge on any atom is 0.0720 e. The van der Waals surface area contributed by atoms with Gasteiger partial charge in [-0.3, -0.25) is 0 Å². The van der Waals surface area contributed by atoms with Gasteiger partial charge in [0.15, 0.2) is 0 Å². The summed E-state index contributed by atoms with van der Waals surface area (Å²) in [6.45, 7) is 0. The minimum absolute atomic E-state index is 0.526. The van der Waals surface area contributed by atoms with E-state index < -0.39 is 10.8 Å². The normalized spacial score (nSPS) is 14.0. The summed E-state index contributed by atoms with van der Waals surface area (Å²) in [5.74, 6) is 0. The Hall–Kier alpha value is -7.48. The predicted octanol–water partition coefficient (Wildman–Crippen LogP) is 14.5. The molecule has 0 aromatic heterocycles. The van der Waals surface area contributed by atoms with Crippen molar-refractivity contribution >= 4 is 38.6 Å². The summed E-state index contributed by atoms with van der Waals surface area (Å²) >= 11 is 0. The Morgan fingerprint density at radius 1 is 0.237 bits per heavy atom. The molecule has 12 rings (SSSR count). The van der Waals surface area contributed by atoms with E-state index in [-0.39, 0.29) is 0 Å². The first-order valence-corrected chi connectivity index (χ1v) is 20.6. The lowest BCUT2D eigenvalue weighted by Crippen LogP contribution is -2.44. The third-order valence-electron chi connectivity index (χ3n) is 13.2. The molecule has 0 saturated heterocycles. The fourth-order valence-corrected chi connectivity index (χ4v) is 10.8. The molecule has 2 aliphatic rings. The molecule has 1 spiro atoms. The maximum absolute atomic E-state index is 2.45. The van der Waals surface area contributed by atoms with Crippen LogP contribution in [0, 0.1) is 0 Å². The van der Waals surface area contributed by atoms with Gasteiger partial charge in [0.1, 0.15) is 0 Å². The van der Waals surface area contributed by atoms with Gasteiger partial charge in [0.25, 0.3) is 0 Å². The van der Waals surface area contributed by atoms with Crippen molar-refractivity contribution in [2.24, 2.45) is 0 Å². The van der Waals surface area contributed by atoms with E-state index in [0.717, 1.165) is 17.1 Å². The lowest BCUT2D eigenvalue weighted by Gasteiger charge is -2.50. The molecular formula is C58H39N. The maximum atomic E-state index is 2.45. The van der Waals surface area contributed by atoms with Crippen molar-refractivity contribution in [2.45, 2.75) is 10.8 Å². The van der Waals surface area contributed by atoms with Crippen LogP contribution in [0.2, 0.25) is 0 Å². The monoisotopic (exact) mass is 749 g/mol. The number of anilines is 3. The van der Waals surface area contributed by atoms with Crippen LogP contribution in [0.3, 0.4) is 0 Å². The fraction of sp³-hybridized carbons (Fsp3) is 0.0345. The highest BCUT2D eigenvalue weighted by Gasteiger charge is 2.56. The minimum Gasteiger partial charge on any atom is -0.310 e. The van der Waals surface area contributed by atoms with Crippen molar-refractivity contribution < 1.29 is 0 Å². The molecule has 0 amide bonds. The summed E-state index contributed by atoms with van der Waals surface area (Å²) in [6.07, 6.45) is 0. The average Bonchev–Trinajstić information content (AvgIpc) is 3.60. The Kier molecular flexibility index (Phi) is 7.43. The average molecular weight is 750 g/mol. The SMILES string of the molecule is c1ccc(C2(c3ccccc3)c3ccccc3C3(c4ccccc4-c4cc(N(c5ccc6ccccc6c5)c5ccc6ccccc6c5)ccc43)c3ccccc32)cc1. The topological polar surface area (TPSA) is 3.24 Å². The van der Waals surface area contributed by atoms with Gasteiger partial charge >= 0.3 is 0 Å². The van der Waals surface area contributed by atoms with Gasteiger partial charge in [-0.25, -0.2) is 0 Å². The van der Waals surface area contributed by atoms with Crippen LogP contribution in [0.1, 0.15) is 44.5 Å². The lowest BCUT2D eigenvalue weighted by molar-refractivity contribution is 0.623. The number of benzene rings is 10. The van der Waals surface area contributed by atoms with E-state index in [1.54, 1.807) is 0 Å². The van der Waals surface area contributed by atoms with Crippen molar-refractivity contribution in [3.8, 4) is 11.1 Å². The van der Waals surface area contributed by atoms with Crippen LogP contribution >= 0.6 is 0 Å². The summed E-state index contributed by atoms with van der Waals surface area (Å²) < 4.78 is 0. The van der Waals surface area contributed by atoms with Gasteiger partial charge in [-0.15, -0.1) is 0 Å². The molecule has 276 valence electrons. The first-order valence-electron chi connectivity index (χ1n) is 20.6. The van der Waals surface area contributed by atoms with E-state index in [4.69, 9.17) is 0 Å². The largest absolute Gasteiger partial charge is 0.310 e. The highest BCUT2D eigenvalue weighted by molar-refractivity contribution is 5.96. The predicted molar refractivity (Wildman–Crippen MR) is 245 cm³/mol. The molecule has 0 fully saturated rings. The van der Waals surface area contributed by atoms with Gasteiger partial charge in [0.05, 0.1) is 10.8 Å². The Balaban J connectivity index is 1.15. The summed E-state index contributed by atoms with van der Waals surface area (Å²) in [7, 11) is 0. The molecule has 1 nitrogen and oxygen atoms in total. The summed E-state index contributed by atoms with van der Waals surface area (Å²) in [4.78, 5) is 2.44. The Morgan fingerprint density at radius 3 is 1.14 bits per heavy atom. The molecule has 1 heteroatoms. The van der Waals surface area contributed by atoms with Crippen molar-refractivity contribution in [1.29, 1.82) is 0 Å². The van der Waals surface area contributed by atoms with Gasteiger partial charge in [-0.1, -0.05) is 200 Å². The zero-order valence-corrected chi connectivity index (χ0v) is 32.5. The standard InChI is InChI=1S/C58H39N/c1-3-21-44(22-4-1)57(45-23-5-2-6-24-45)53-27-13-15-29-55(53)58(56-30-16-14-28-54(56)57)51-26-12-11-25-49(51)50-39-48(35-36-52(50)58)59(46-33-31-40-17-7-9-19-42(40)37-46)47-34-32-41-18-8-10-20-43(41)38-47/h1-39H. The molecule has 0 aliphatic heterocycles. The molecular weight excluding hydrogens is 711 g/mol. The van der Waals surface area contributed by atoms with Crippen molar-refractivity contribution in [3.05, 3.63) is 281 Å². The number of hydrogen-bond donors (Lipinski definition) is 0. The Morgan fingerprint density at radius 2 is 0.610 bits per heavy atom. The Bertz CT molecular complexity index is 3070. The molecule has 10 aromatic rings. The second-order valence-electron chi connectivity index (χ2n) is 16.0. The summed E-state index contributed by atoms with van der Waals surface area (Å²) in [5.41, 5.74) is 15.3. The molecule has 10 aromatic carbocycles. The molecule has 59 heavy (non-hydrogen) atoms. The second kappa shape index (κ2) is 13.0. The van der Waals surface area contributed by atoms with Gasteiger partial charge in [-0.05, 0) is 114 Å². The zero-order chi connectivity index (χ0) is 39.0. The van der Waals surface area contributed by atoms with Crippen molar-refractivity contribution in [2.75, 3.05) is 4.90 Å². The van der Waals surface area contributed by atoms with E-state index in [9.17, 15) is 0 Å². The van der Waals surface area contributed by atoms with Gasteiger partial charge in [-0.2, -0.15) is 0 Å². The highest BCUT2D eigenvalue weighted by Crippen LogP contribution is 2.64. The van der Waals surface area contributed by atoms with Crippen LogP contribution in [0.25, 0.3) is 32.7 Å². The molecule has 0 unspecified atom stereocenters. The van der Waals surface area contributed by atoms with E-state index in [1.165, 1.54) is 77.2 Å². The molecule has 0 heterocycles. The smallest absolute Gasteiger partial charge is 0.0720 e. The number of rotatable bonds is 5. The van der Waals surface area contributed by atoms with Crippen LogP contribution < -0.4 is 4.90 Å². The molecule has 0 saturated carbocycles. The second-order valence-corrected chi connectivity index (χ2v) is 16.0. The first-order chi connectivity index (χ1) is 29.3. The van der Waals surface area contributed by atoms with Crippen LogP contribution in [0.5, 0.6) is 0 Å². The van der Waals surface area contributed by atoms with Gasteiger partial charge in [0.2, 0.25) is 0 Å². The summed E-state index contributed by atoms with van der Waals surface area (Å²) in [5, 5.41) is 4.90. The summed E-state index contributed by atoms with van der Waals surface area (Å²) in [6, 6.07) is 88.2. The molecule has 0 radical (unpaired) electrons. The third kappa shape index (κ3) is 4.73. The van der Waals surface area contributed by atoms with Crippen LogP contribution in [0.15, 0.2) is 237 Å². The van der Waals surface area contributed by atoms with E-state index in [1.807, 2.05) is 0 Å². The van der Waals surface area contributed by atoms with Gasteiger partial charge < -0.3 is 4.90 Å². The van der Waals surface area contributed by atoms with Gasteiger partial charge in [0, 0.05) is 17.1 Å². The quantitative estimate of drug-likeness (QED) is 0.169. The van der Waals surface area contributed by atoms with E-state index in [0.29, 0.717) is 0 Å². The van der Waals surface area contributed by atoms with E-state index >= 15 is 0 Å². The Labute approximate surface area is 345 Å². The van der Waals surface area contributed by atoms with Crippen LogP contribution in [-0.4, -0.2) is 0 Å². The van der Waals surface area contributed by atoms with Crippen molar-refractivity contribution in [1.82, 2.24) is 0 Å². The number of fused-ring (bicyclic) bond motifs is 11. The minimum atomic E-state index is -0.540. The fourth-order valence-electron chi connectivity index (χ4n) is 10.8. The van der Waals surface area contributed by atoms with Crippen LogP contribution in [-0.2, 0) is 10.8 Å². The molecule has 2 aliphatic carbocycles. The number of hydrogen-bond acceptors (Lipinski definition) is 1. The zero-order valence-electron chi connectivity index (χ0n) is 32.5.